The number of carbonyl (C=O) groups excluding carboxylic acids is 1. The number of benzene rings is 1. The van der Waals surface area contributed by atoms with Gasteiger partial charge in [-0.2, -0.15) is 0 Å². The molecule has 1 saturated heterocycles. The molecule has 0 unspecified atom stereocenters. The number of likely N-dealkylation sites (tertiary alicyclic amines) is 1. The van der Waals surface area contributed by atoms with Crippen LogP contribution in [0.2, 0.25) is 0 Å². The zero-order chi connectivity index (χ0) is 16.9. The average Bonchev–Trinajstić information content (AvgIpc) is 2.94. The second-order valence-corrected chi connectivity index (χ2v) is 8.14. The molecule has 1 atom stereocenters. The van der Waals surface area contributed by atoms with E-state index in [4.69, 9.17) is 4.74 Å². The summed E-state index contributed by atoms with van der Waals surface area (Å²) in [6.07, 6.45) is 0.770. The Morgan fingerprint density at radius 2 is 2.13 bits per heavy atom. The van der Waals surface area contributed by atoms with Crippen molar-refractivity contribution in [3.05, 3.63) is 29.8 Å². The quantitative estimate of drug-likeness (QED) is 0.828. The van der Waals surface area contributed by atoms with Crippen molar-refractivity contribution in [2.75, 3.05) is 18.8 Å². The summed E-state index contributed by atoms with van der Waals surface area (Å²) in [6.45, 7) is 10.2. The zero-order valence-corrected chi connectivity index (χ0v) is 15.4. The predicted octanol–water partition coefficient (Wildman–Crippen LogP) is 3.90. The molecule has 0 spiro atoms. The Bertz CT molecular complexity index is 528. The third-order valence-electron chi connectivity index (χ3n) is 3.69. The summed E-state index contributed by atoms with van der Waals surface area (Å²) in [4.78, 5) is 15.2. The summed E-state index contributed by atoms with van der Waals surface area (Å²) in [5.41, 5.74) is 0.897. The van der Waals surface area contributed by atoms with Gasteiger partial charge in [0.15, 0.2) is 0 Å². The molecule has 0 aliphatic carbocycles. The monoisotopic (exact) mass is 336 g/mol. The number of nitrogens with zero attached hydrogens (tertiary/aromatic N) is 1. The van der Waals surface area contributed by atoms with E-state index >= 15 is 0 Å². The fourth-order valence-corrected chi connectivity index (χ4v) is 3.43. The number of ether oxygens (including phenoxy) is 1. The molecule has 0 aromatic heterocycles. The van der Waals surface area contributed by atoms with E-state index < -0.39 is 5.60 Å². The average molecular weight is 337 g/mol. The van der Waals surface area contributed by atoms with Gasteiger partial charge in [-0.3, -0.25) is 0 Å². The molecule has 1 fully saturated rings. The van der Waals surface area contributed by atoms with Gasteiger partial charge in [-0.25, -0.2) is 4.79 Å². The molecule has 5 heteroatoms. The fraction of sp³-hybridized carbons (Fsp3) is 0.611. The van der Waals surface area contributed by atoms with E-state index in [9.17, 15) is 4.79 Å². The lowest BCUT2D eigenvalue weighted by Gasteiger charge is -2.24. The van der Waals surface area contributed by atoms with Gasteiger partial charge in [-0.05, 0) is 44.6 Å². The van der Waals surface area contributed by atoms with Crippen molar-refractivity contribution in [1.82, 2.24) is 10.2 Å². The van der Waals surface area contributed by atoms with Crippen LogP contribution in [0.15, 0.2) is 29.2 Å². The van der Waals surface area contributed by atoms with Crippen molar-refractivity contribution in [2.24, 2.45) is 0 Å². The largest absolute Gasteiger partial charge is 0.444 e. The Kier molecular flexibility index (Phi) is 6.36. The first-order valence-corrected chi connectivity index (χ1v) is 9.29. The lowest BCUT2D eigenvalue weighted by atomic mass is 10.2. The Hall–Kier alpha value is -1.20. The van der Waals surface area contributed by atoms with E-state index in [2.05, 4.69) is 36.5 Å². The SMILES string of the molecule is CCSc1ccccc1CN[C@H]1CCN(C(=O)OC(C)(C)C)C1. The molecule has 1 aliphatic heterocycles. The number of amides is 1. The molecule has 1 N–H and O–H groups in total. The third kappa shape index (κ3) is 5.74. The zero-order valence-electron chi connectivity index (χ0n) is 14.6. The summed E-state index contributed by atoms with van der Waals surface area (Å²) < 4.78 is 5.44. The first-order chi connectivity index (χ1) is 10.9. The molecule has 1 aromatic rings. The maximum Gasteiger partial charge on any atom is 0.410 e. The van der Waals surface area contributed by atoms with Crippen molar-refractivity contribution in [2.45, 2.75) is 57.2 Å². The number of hydrogen-bond acceptors (Lipinski definition) is 4. The molecule has 1 aromatic carbocycles. The minimum absolute atomic E-state index is 0.205. The predicted molar refractivity (Wildman–Crippen MR) is 95.9 cm³/mol. The van der Waals surface area contributed by atoms with Gasteiger partial charge < -0.3 is 15.0 Å². The Morgan fingerprint density at radius 1 is 1.39 bits per heavy atom. The third-order valence-corrected chi connectivity index (χ3v) is 4.69. The highest BCUT2D eigenvalue weighted by Gasteiger charge is 2.29. The van der Waals surface area contributed by atoms with Crippen LogP contribution < -0.4 is 5.32 Å². The second kappa shape index (κ2) is 8.06. The van der Waals surface area contributed by atoms with Gasteiger partial charge in [-0.15, -0.1) is 11.8 Å². The van der Waals surface area contributed by atoms with Crippen molar-refractivity contribution < 1.29 is 9.53 Å². The minimum atomic E-state index is -0.432. The van der Waals surface area contributed by atoms with Crippen LogP contribution in [0, 0.1) is 0 Å². The smallest absolute Gasteiger partial charge is 0.410 e. The lowest BCUT2D eigenvalue weighted by molar-refractivity contribution is 0.0291. The van der Waals surface area contributed by atoms with Crippen molar-refractivity contribution in [1.29, 1.82) is 0 Å². The van der Waals surface area contributed by atoms with Crippen LogP contribution in [0.1, 0.15) is 39.7 Å². The molecular weight excluding hydrogens is 308 g/mol. The van der Waals surface area contributed by atoms with E-state index in [0.29, 0.717) is 6.04 Å². The van der Waals surface area contributed by atoms with Crippen molar-refractivity contribution in [3.63, 3.8) is 0 Å². The molecular formula is C18H28N2O2S. The number of nitrogens with one attached hydrogen (secondary N) is 1. The molecule has 2 rings (SSSR count). The van der Waals surface area contributed by atoms with Gasteiger partial charge in [0.25, 0.3) is 0 Å². The summed E-state index contributed by atoms with van der Waals surface area (Å²) in [5.74, 6) is 1.08. The van der Waals surface area contributed by atoms with Crippen LogP contribution in [-0.2, 0) is 11.3 Å². The number of hydrogen-bond donors (Lipinski definition) is 1. The summed E-state index contributed by atoms with van der Waals surface area (Å²) in [7, 11) is 0. The number of rotatable bonds is 5. The van der Waals surface area contributed by atoms with E-state index in [0.717, 1.165) is 31.8 Å². The van der Waals surface area contributed by atoms with E-state index in [1.54, 1.807) is 4.90 Å². The fourth-order valence-electron chi connectivity index (χ4n) is 2.62. The molecule has 23 heavy (non-hydrogen) atoms. The van der Waals surface area contributed by atoms with Gasteiger partial charge >= 0.3 is 6.09 Å². The first-order valence-electron chi connectivity index (χ1n) is 8.31. The highest BCUT2D eigenvalue weighted by atomic mass is 32.2. The number of carbonyl (C=O) groups is 1. The van der Waals surface area contributed by atoms with Crippen LogP contribution in [-0.4, -0.2) is 41.5 Å². The van der Waals surface area contributed by atoms with Gasteiger partial charge in [0.2, 0.25) is 0 Å². The van der Waals surface area contributed by atoms with Crippen LogP contribution in [0.25, 0.3) is 0 Å². The first kappa shape index (κ1) is 18.1. The van der Waals surface area contributed by atoms with E-state index in [1.807, 2.05) is 32.5 Å². The Morgan fingerprint density at radius 3 is 2.83 bits per heavy atom. The second-order valence-electron chi connectivity index (χ2n) is 6.83. The van der Waals surface area contributed by atoms with E-state index in [1.165, 1.54) is 10.5 Å². The van der Waals surface area contributed by atoms with Crippen LogP contribution >= 0.6 is 11.8 Å². The molecule has 4 nitrogen and oxygen atoms in total. The van der Waals surface area contributed by atoms with Crippen molar-refractivity contribution in [3.8, 4) is 0 Å². The molecule has 0 radical (unpaired) electrons. The molecule has 1 aliphatic rings. The molecule has 128 valence electrons. The topological polar surface area (TPSA) is 41.6 Å². The molecule has 1 heterocycles. The number of thioether (sulfide) groups is 1. The van der Waals surface area contributed by atoms with Gasteiger partial charge in [-0.1, -0.05) is 25.1 Å². The Labute approximate surface area is 144 Å². The molecule has 1 amide bonds. The van der Waals surface area contributed by atoms with E-state index in [-0.39, 0.29) is 6.09 Å². The summed E-state index contributed by atoms with van der Waals surface area (Å²) >= 11 is 1.87. The minimum Gasteiger partial charge on any atom is -0.444 e. The van der Waals surface area contributed by atoms with Crippen LogP contribution in [0.3, 0.4) is 0 Å². The summed E-state index contributed by atoms with van der Waals surface area (Å²) in [5, 5.41) is 3.58. The maximum atomic E-state index is 12.1. The summed E-state index contributed by atoms with van der Waals surface area (Å²) in [6, 6.07) is 8.85. The van der Waals surface area contributed by atoms with Gasteiger partial charge in [0.05, 0.1) is 0 Å². The molecule has 0 saturated carbocycles. The standard InChI is InChI=1S/C18H28N2O2S/c1-5-23-16-9-7-6-8-14(16)12-19-15-10-11-20(13-15)17(21)22-18(2,3)4/h6-9,15,19H,5,10-13H2,1-4H3/t15-/m0/s1. The van der Waals surface area contributed by atoms with Crippen LogP contribution in [0.5, 0.6) is 0 Å². The maximum absolute atomic E-state index is 12.1. The Balaban J connectivity index is 1.83. The highest BCUT2D eigenvalue weighted by molar-refractivity contribution is 7.99. The highest BCUT2D eigenvalue weighted by Crippen LogP contribution is 2.22. The normalized spacial score (nSPS) is 18.3. The van der Waals surface area contributed by atoms with Gasteiger partial charge in [0, 0.05) is 30.6 Å². The van der Waals surface area contributed by atoms with Crippen LogP contribution in [0.4, 0.5) is 4.79 Å². The van der Waals surface area contributed by atoms with Crippen molar-refractivity contribution >= 4 is 17.9 Å². The molecule has 0 bridgehead atoms. The lowest BCUT2D eigenvalue weighted by Crippen LogP contribution is -2.38. The van der Waals surface area contributed by atoms with Gasteiger partial charge in [0.1, 0.15) is 5.60 Å².